The minimum atomic E-state index is -3.36. The van der Waals surface area contributed by atoms with Gasteiger partial charge in [-0.2, -0.15) is 5.10 Å². The number of fused-ring (bicyclic) bond motifs is 1. The molecule has 0 fully saturated rings. The molecule has 39 heavy (non-hydrogen) atoms. The highest BCUT2D eigenvalue weighted by molar-refractivity contribution is 7.91. The van der Waals surface area contributed by atoms with Gasteiger partial charge in [-0.15, -0.1) is 0 Å². The number of hydrogen-bond donors (Lipinski definition) is 2. The van der Waals surface area contributed by atoms with E-state index in [1.807, 2.05) is 56.3 Å². The van der Waals surface area contributed by atoms with Crippen LogP contribution in [0.1, 0.15) is 20.8 Å². The standard InChI is InChI=1S/C29H28N4O5S/c1-4-39(35,36)22-14-15-25-24(16-22)32-29(38-25)23-17-30-33-26(23)19-10-12-20(13-11-19)31-28(34)27(18(2)3)37-21-8-6-5-7-9-21/h5-18,27H,4H2,1-3H3,(H,30,33)(H,31,34). The Morgan fingerprint density at radius 3 is 2.49 bits per heavy atom. The van der Waals surface area contributed by atoms with Crippen molar-refractivity contribution in [1.82, 2.24) is 15.2 Å². The number of carbonyl (C=O) groups is 1. The van der Waals surface area contributed by atoms with Crippen LogP contribution in [0.15, 0.2) is 88.3 Å². The molecule has 0 radical (unpaired) electrons. The Hall–Kier alpha value is -4.44. The summed E-state index contributed by atoms with van der Waals surface area (Å²) in [6, 6.07) is 21.2. The molecule has 2 heterocycles. The van der Waals surface area contributed by atoms with E-state index in [9.17, 15) is 13.2 Å². The topological polar surface area (TPSA) is 127 Å². The second-order valence-corrected chi connectivity index (χ2v) is 11.6. The third-order valence-electron chi connectivity index (χ3n) is 6.26. The second kappa shape index (κ2) is 10.7. The van der Waals surface area contributed by atoms with E-state index in [0.717, 1.165) is 5.56 Å². The molecule has 5 aromatic rings. The fourth-order valence-corrected chi connectivity index (χ4v) is 5.02. The Morgan fingerprint density at radius 2 is 1.79 bits per heavy atom. The molecule has 2 aromatic heterocycles. The molecular weight excluding hydrogens is 516 g/mol. The van der Waals surface area contributed by atoms with Crippen LogP contribution in [0.3, 0.4) is 0 Å². The summed E-state index contributed by atoms with van der Waals surface area (Å²) in [4.78, 5) is 17.7. The number of benzene rings is 3. The summed E-state index contributed by atoms with van der Waals surface area (Å²) in [7, 11) is -3.36. The van der Waals surface area contributed by atoms with Gasteiger partial charge in [0.2, 0.25) is 5.89 Å². The quantitative estimate of drug-likeness (QED) is 0.243. The third kappa shape index (κ3) is 5.56. The molecule has 0 bridgehead atoms. The number of sulfone groups is 1. The van der Waals surface area contributed by atoms with Crippen molar-refractivity contribution in [3.8, 4) is 28.5 Å². The molecule has 1 atom stereocenters. The highest BCUT2D eigenvalue weighted by Gasteiger charge is 2.25. The zero-order valence-corrected chi connectivity index (χ0v) is 22.5. The van der Waals surface area contributed by atoms with Crippen molar-refractivity contribution in [3.63, 3.8) is 0 Å². The number of anilines is 1. The monoisotopic (exact) mass is 544 g/mol. The van der Waals surface area contributed by atoms with E-state index in [2.05, 4.69) is 20.5 Å². The average molecular weight is 545 g/mol. The fraction of sp³-hybridized carbons (Fsp3) is 0.207. The maximum Gasteiger partial charge on any atom is 0.265 e. The summed E-state index contributed by atoms with van der Waals surface area (Å²) in [5.74, 6) is 0.678. The number of hydrogen-bond acceptors (Lipinski definition) is 7. The number of aromatic nitrogens is 3. The predicted molar refractivity (Wildman–Crippen MR) is 149 cm³/mol. The molecule has 0 saturated carbocycles. The lowest BCUT2D eigenvalue weighted by atomic mass is 10.1. The lowest BCUT2D eigenvalue weighted by Crippen LogP contribution is -2.37. The van der Waals surface area contributed by atoms with Gasteiger partial charge in [-0.3, -0.25) is 9.89 Å². The van der Waals surface area contributed by atoms with E-state index < -0.39 is 15.9 Å². The third-order valence-corrected chi connectivity index (χ3v) is 8.00. The first-order valence-electron chi connectivity index (χ1n) is 12.6. The zero-order chi connectivity index (χ0) is 27.6. The number of nitrogens with zero attached hydrogens (tertiary/aromatic N) is 2. The minimum Gasteiger partial charge on any atom is -0.480 e. The van der Waals surface area contributed by atoms with Crippen molar-refractivity contribution in [2.75, 3.05) is 11.1 Å². The van der Waals surface area contributed by atoms with Crippen molar-refractivity contribution in [3.05, 3.63) is 79.0 Å². The van der Waals surface area contributed by atoms with E-state index in [0.29, 0.717) is 39.7 Å². The first-order valence-corrected chi connectivity index (χ1v) is 14.2. The van der Waals surface area contributed by atoms with E-state index in [-0.39, 0.29) is 22.5 Å². The van der Waals surface area contributed by atoms with Gasteiger partial charge in [-0.1, -0.05) is 51.1 Å². The van der Waals surface area contributed by atoms with Crippen LogP contribution in [0.25, 0.3) is 33.8 Å². The maximum absolute atomic E-state index is 13.0. The van der Waals surface area contributed by atoms with E-state index in [1.165, 1.54) is 12.1 Å². The second-order valence-electron chi connectivity index (χ2n) is 9.36. The van der Waals surface area contributed by atoms with Gasteiger partial charge >= 0.3 is 0 Å². The Bertz CT molecular complexity index is 1710. The van der Waals surface area contributed by atoms with Crippen LogP contribution in [0.5, 0.6) is 5.75 Å². The first kappa shape index (κ1) is 26.2. The largest absolute Gasteiger partial charge is 0.480 e. The van der Waals surface area contributed by atoms with Crippen LogP contribution in [0.2, 0.25) is 0 Å². The summed E-state index contributed by atoms with van der Waals surface area (Å²) < 4.78 is 36.4. The summed E-state index contributed by atoms with van der Waals surface area (Å²) >= 11 is 0. The number of carbonyl (C=O) groups excluding carboxylic acids is 1. The summed E-state index contributed by atoms with van der Waals surface area (Å²) in [6.07, 6.45) is 1.02. The molecule has 1 unspecified atom stereocenters. The van der Waals surface area contributed by atoms with Crippen LogP contribution in [-0.2, 0) is 14.6 Å². The molecule has 0 spiro atoms. The number of H-pyrrole nitrogens is 1. The highest BCUT2D eigenvalue weighted by atomic mass is 32.2. The zero-order valence-electron chi connectivity index (χ0n) is 21.7. The molecule has 1 amide bonds. The average Bonchev–Trinajstić information content (AvgIpc) is 3.59. The van der Waals surface area contributed by atoms with E-state index in [1.54, 1.807) is 31.3 Å². The molecule has 3 aromatic carbocycles. The van der Waals surface area contributed by atoms with Crippen LogP contribution in [0.4, 0.5) is 5.69 Å². The first-order chi connectivity index (χ1) is 18.7. The van der Waals surface area contributed by atoms with Gasteiger partial charge in [-0.05, 0) is 48.4 Å². The van der Waals surface area contributed by atoms with Crippen LogP contribution in [0, 0.1) is 5.92 Å². The van der Waals surface area contributed by atoms with Crippen molar-refractivity contribution in [2.24, 2.45) is 5.92 Å². The van der Waals surface area contributed by atoms with Gasteiger partial charge in [0.15, 0.2) is 21.5 Å². The molecule has 2 N–H and O–H groups in total. The van der Waals surface area contributed by atoms with Gasteiger partial charge in [0, 0.05) is 17.4 Å². The number of rotatable bonds is 9. The molecule has 9 nitrogen and oxygen atoms in total. The summed E-state index contributed by atoms with van der Waals surface area (Å²) in [5, 5.41) is 10.1. The Kier molecular flexibility index (Phi) is 7.21. The van der Waals surface area contributed by atoms with Crippen LogP contribution < -0.4 is 10.1 Å². The molecule has 5 rings (SSSR count). The normalized spacial score (nSPS) is 12.5. The number of oxazole rings is 1. The summed E-state index contributed by atoms with van der Waals surface area (Å²) in [6.45, 7) is 5.47. The van der Waals surface area contributed by atoms with Gasteiger partial charge in [-0.25, -0.2) is 13.4 Å². The molecule has 0 aliphatic carbocycles. The number of ether oxygens (including phenoxy) is 1. The Labute approximate surface area is 226 Å². The Balaban J connectivity index is 1.35. The predicted octanol–water partition coefficient (Wildman–Crippen LogP) is 5.72. The van der Waals surface area contributed by atoms with Crippen molar-refractivity contribution in [1.29, 1.82) is 0 Å². The van der Waals surface area contributed by atoms with Gasteiger partial charge in [0.1, 0.15) is 17.0 Å². The number of nitrogens with one attached hydrogen (secondary N) is 2. The van der Waals surface area contributed by atoms with Crippen molar-refractivity contribution < 1.29 is 22.4 Å². The lowest BCUT2D eigenvalue weighted by molar-refractivity contribution is -0.124. The lowest BCUT2D eigenvalue weighted by Gasteiger charge is -2.22. The van der Waals surface area contributed by atoms with E-state index in [4.69, 9.17) is 9.15 Å². The number of aromatic amines is 1. The van der Waals surface area contributed by atoms with E-state index >= 15 is 0 Å². The molecule has 0 saturated heterocycles. The molecule has 0 aliphatic heterocycles. The van der Waals surface area contributed by atoms with Crippen molar-refractivity contribution >= 4 is 32.5 Å². The van der Waals surface area contributed by atoms with Gasteiger partial charge in [0.05, 0.1) is 16.2 Å². The van der Waals surface area contributed by atoms with Crippen LogP contribution >= 0.6 is 0 Å². The SMILES string of the molecule is CCS(=O)(=O)c1ccc2oc(-c3c[nH]nc3-c3ccc(NC(=O)C(Oc4ccccc4)C(C)C)cc3)nc2c1. The van der Waals surface area contributed by atoms with Gasteiger partial charge in [0.25, 0.3) is 5.91 Å². The molecule has 10 heteroatoms. The van der Waals surface area contributed by atoms with Gasteiger partial charge < -0.3 is 14.5 Å². The molecular formula is C29H28N4O5S. The smallest absolute Gasteiger partial charge is 0.265 e. The van der Waals surface area contributed by atoms with Crippen LogP contribution in [-0.4, -0.2) is 41.4 Å². The minimum absolute atomic E-state index is 0.00369. The van der Waals surface area contributed by atoms with Crippen molar-refractivity contribution in [2.45, 2.75) is 31.8 Å². The summed E-state index contributed by atoms with van der Waals surface area (Å²) in [5.41, 5.74) is 3.55. The fourth-order valence-electron chi connectivity index (χ4n) is 4.12. The number of para-hydroxylation sites is 1. The Morgan fingerprint density at radius 1 is 1.05 bits per heavy atom. The highest BCUT2D eigenvalue weighted by Crippen LogP contribution is 2.33. The molecule has 0 aliphatic rings. The molecule has 200 valence electrons. The number of amides is 1. The maximum atomic E-state index is 13.0.